The number of aromatic nitrogens is 1. The third-order valence-electron chi connectivity index (χ3n) is 5.44. The lowest BCUT2D eigenvalue weighted by atomic mass is 10.1. The van der Waals surface area contributed by atoms with Gasteiger partial charge in [0.05, 0.1) is 38.3 Å². The van der Waals surface area contributed by atoms with Gasteiger partial charge in [-0.2, -0.15) is 0 Å². The van der Waals surface area contributed by atoms with Crippen LogP contribution in [0.2, 0.25) is 0 Å². The van der Waals surface area contributed by atoms with Crippen molar-refractivity contribution in [3.8, 4) is 5.75 Å². The van der Waals surface area contributed by atoms with Crippen molar-refractivity contribution >= 4 is 29.0 Å². The first kappa shape index (κ1) is 22.0. The van der Waals surface area contributed by atoms with Gasteiger partial charge in [0.15, 0.2) is 0 Å². The molecule has 32 heavy (non-hydrogen) atoms. The van der Waals surface area contributed by atoms with E-state index in [0.29, 0.717) is 37.8 Å². The van der Waals surface area contributed by atoms with E-state index in [1.165, 1.54) is 0 Å². The number of benzene rings is 1. The van der Waals surface area contributed by atoms with Crippen molar-refractivity contribution < 1.29 is 23.8 Å². The molecule has 170 valence electrons. The van der Waals surface area contributed by atoms with Gasteiger partial charge in [-0.3, -0.25) is 9.59 Å². The Kier molecular flexibility index (Phi) is 7.18. The predicted molar refractivity (Wildman–Crippen MR) is 120 cm³/mol. The summed E-state index contributed by atoms with van der Waals surface area (Å²) in [6, 6.07) is 8.88. The van der Waals surface area contributed by atoms with E-state index in [1.807, 2.05) is 19.1 Å². The second kappa shape index (κ2) is 10.4. The quantitative estimate of drug-likeness (QED) is 0.688. The zero-order chi connectivity index (χ0) is 22.3. The fraction of sp³-hybridized carbons (Fsp3) is 0.435. The Morgan fingerprint density at radius 3 is 2.28 bits per heavy atom. The van der Waals surface area contributed by atoms with Crippen LogP contribution in [-0.2, 0) is 19.1 Å². The second-order valence-corrected chi connectivity index (χ2v) is 7.82. The smallest absolute Gasteiger partial charge is 0.314 e. The molecule has 2 aliphatic heterocycles. The number of nitrogens with zero attached hydrogens (tertiary/aromatic N) is 2. The molecule has 0 saturated carbocycles. The van der Waals surface area contributed by atoms with Crippen LogP contribution in [0.1, 0.15) is 18.4 Å². The number of hydrogen-bond donors (Lipinski definition) is 2. The molecule has 9 heteroatoms. The van der Waals surface area contributed by atoms with E-state index >= 15 is 0 Å². The fourth-order valence-corrected chi connectivity index (χ4v) is 3.65. The minimum absolute atomic E-state index is 0.136. The highest BCUT2D eigenvalue weighted by Gasteiger charge is 2.18. The fourth-order valence-electron chi connectivity index (χ4n) is 3.65. The summed E-state index contributed by atoms with van der Waals surface area (Å²) in [5, 5.41) is 5.21. The third kappa shape index (κ3) is 5.74. The number of amides is 2. The van der Waals surface area contributed by atoms with Gasteiger partial charge in [-0.25, -0.2) is 4.98 Å². The van der Waals surface area contributed by atoms with E-state index in [1.54, 1.807) is 24.4 Å². The maximum absolute atomic E-state index is 12.3. The van der Waals surface area contributed by atoms with Crippen molar-refractivity contribution in [2.45, 2.75) is 25.9 Å². The van der Waals surface area contributed by atoms with Crippen molar-refractivity contribution in [2.24, 2.45) is 0 Å². The molecule has 2 aliphatic rings. The Balaban J connectivity index is 1.30. The summed E-state index contributed by atoms with van der Waals surface area (Å²) in [4.78, 5) is 31.1. The number of pyridine rings is 1. The normalized spacial score (nSPS) is 17.0. The maximum atomic E-state index is 12.3. The SMILES string of the molecule is Cc1cc(NC(=O)C(=O)Nc2ccc(N3CCOCC3)nc2)ccc1OC1CCOCC1. The van der Waals surface area contributed by atoms with Crippen molar-refractivity contribution in [3.63, 3.8) is 0 Å². The lowest BCUT2D eigenvalue weighted by Crippen LogP contribution is -2.36. The molecule has 2 N–H and O–H groups in total. The Morgan fingerprint density at radius 1 is 0.969 bits per heavy atom. The van der Waals surface area contributed by atoms with Crippen LogP contribution < -0.4 is 20.3 Å². The van der Waals surface area contributed by atoms with Crippen molar-refractivity contribution in [1.29, 1.82) is 0 Å². The number of rotatable bonds is 5. The molecule has 2 aromatic rings. The van der Waals surface area contributed by atoms with Gasteiger partial charge in [-0.1, -0.05) is 0 Å². The third-order valence-corrected chi connectivity index (χ3v) is 5.44. The summed E-state index contributed by atoms with van der Waals surface area (Å²) >= 11 is 0. The molecular weight excluding hydrogens is 412 g/mol. The number of carbonyl (C=O) groups excluding carboxylic acids is 2. The predicted octanol–water partition coefficient (Wildman–Crippen LogP) is 2.36. The number of anilines is 3. The van der Waals surface area contributed by atoms with Crippen LogP contribution >= 0.6 is 0 Å². The van der Waals surface area contributed by atoms with Crippen LogP contribution in [0.4, 0.5) is 17.2 Å². The zero-order valence-corrected chi connectivity index (χ0v) is 18.1. The number of ether oxygens (including phenoxy) is 3. The summed E-state index contributed by atoms with van der Waals surface area (Å²) in [7, 11) is 0. The number of aryl methyl sites for hydroxylation is 1. The molecule has 2 amide bonds. The highest BCUT2D eigenvalue weighted by Crippen LogP contribution is 2.25. The maximum Gasteiger partial charge on any atom is 0.314 e. The largest absolute Gasteiger partial charge is 0.490 e. The standard InChI is InChI=1S/C23H28N4O5/c1-16-14-17(2-4-20(16)32-19-6-10-30-11-7-19)25-22(28)23(29)26-18-3-5-21(24-15-18)27-8-12-31-13-9-27/h2-5,14-15,19H,6-13H2,1H3,(H,25,28)(H,26,29). The van der Waals surface area contributed by atoms with Crippen LogP contribution in [-0.4, -0.2) is 62.4 Å². The Hall–Kier alpha value is -3.17. The van der Waals surface area contributed by atoms with E-state index in [2.05, 4.69) is 20.5 Å². The Labute approximate surface area is 187 Å². The van der Waals surface area contributed by atoms with Gasteiger partial charge in [0.25, 0.3) is 0 Å². The van der Waals surface area contributed by atoms with Gasteiger partial charge in [-0.05, 0) is 42.8 Å². The molecule has 1 aromatic carbocycles. The lowest BCUT2D eigenvalue weighted by molar-refractivity contribution is -0.133. The van der Waals surface area contributed by atoms with E-state index in [0.717, 1.165) is 43.1 Å². The highest BCUT2D eigenvalue weighted by molar-refractivity contribution is 6.43. The first-order chi connectivity index (χ1) is 15.6. The van der Waals surface area contributed by atoms with Crippen LogP contribution in [0, 0.1) is 6.92 Å². The monoisotopic (exact) mass is 440 g/mol. The molecule has 2 fully saturated rings. The molecule has 3 heterocycles. The Bertz CT molecular complexity index is 938. The molecule has 0 atom stereocenters. The van der Waals surface area contributed by atoms with Gasteiger partial charge < -0.3 is 29.7 Å². The first-order valence-electron chi connectivity index (χ1n) is 10.8. The molecule has 2 saturated heterocycles. The van der Waals surface area contributed by atoms with Crippen molar-refractivity contribution in [2.75, 3.05) is 55.1 Å². The molecule has 0 aliphatic carbocycles. The number of hydrogen-bond acceptors (Lipinski definition) is 7. The summed E-state index contributed by atoms with van der Waals surface area (Å²) < 4.78 is 16.7. The number of carbonyl (C=O) groups is 2. The van der Waals surface area contributed by atoms with E-state index < -0.39 is 11.8 Å². The molecule has 4 rings (SSSR count). The zero-order valence-electron chi connectivity index (χ0n) is 18.1. The Morgan fingerprint density at radius 2 is 1.62 bits per heavy atom. The van der Waals surface area contributed by atoms with Crippen molar-refractivity contribution in [3.05, 3.63) is 42.1 Å². The molecule has 9 nitrogen and oxygen atoms in total. The van der Waals surface area contributed by atoms with E-state index in [4.69, 9.17) is 14.2 Å². The first-order valence-corrected chi connectivity index (χ1v) is 10.8. The van der Waals surface area contributed by atoms with Crippen LogP contribution in [0.3, 0.4) is 0 Å². The molecule has 0 radical (unpaired) electrons. The molecule has 0 unspecified atom stereocenters. The van der Waals surface area contributed by atoms with Crippen LogP contribution in [0.25, 0.3) is 0 Å². The minimum atomic E-state index is -0.758. The van der Waals surface area contributed by atoms with E-state index in [9.17, 15) is 9.59 Å². The second-order valence-electron chi connectivity index (χ2n) is 7.82. The minimum Gasteiger partial charge on any atom is -0.490 e. The topological polar surface area (TPSA) is 102 Å². The molecular formula is C23H28N4O5. The molecule has 1 aromatic heterocycles. The van der Waals surface area contributed by atoms with Gasteiger partial charge in [0.2, 0.25) is 0 Å². The highest BCUT2D eigenvalue weighted by atomic mass is 16.5. The number of morpholine rings is 1. The van der Waals surface area contributed by atoms with Gasteiger partial charge in [0.1, 0.15) is 17.7 Å². The summed E-state index contributed by atoms with van der Waals surface area (Å²) in [6.45, 7) is 6.21. The van der Waals surface area contributed by atoms with Gasteiger partial charge >= 0.3 is 11.8 Å². The summed E-state index contributed by atoms with van der Waals surface area (Å²) in [5.41, 5.74) is 1.87. The average molecular weight is 441 g/mol. The summed E-state index contributed by atoms with van der Waals surface area (Å²) in [6.07, 6.45) is 3.40. The van der Waals surface area contributed by atoms with Gasteiger partial charge in [-0.15, -0.1) is 0 Å². The number of nitrogens with one attached hydrogen (secondary N) is 2. The lowest BCUT2D eigenvalue weighted by Gasteiger charge is -2.27. The van der Waals surface area contributed by atoms with Crippen molar-refractivity contribution in [1.82, 2.24) is 4.98 Å². The molecule has 0 spiro atoms. The van der Waals surface area contributed by atoms with E-state index in [-0.39, 0.29) is 6.10 Å². The van der Waals surface area contributed by atoms with Gasteiger partial charge in [0, 0.05) is 31.6 Å². The molecule has 0 bridgehead atoms. The van der Waals surface area contributed by atoms with Crippen LogP contribution in [0.5, 0.6) is 5.75 Å². The summed E-state index contributed by atoms with van der Waals surface area (Å²) in [5.74, 6) is 0.0749. The average Bonchev–Trinajstić information content (AvgIpc) is 2.82. The van der Waals surface area contributed by atoms with Crippen LogP contribution in [0.15, 0.2) is 36.5 Å².